The van der Waals surface area contributed by atoms with Crippen LogP contribution in [0.5, 0.6) is 0 Å². The van der Waals surface area contributed by atoms with Crippen LogP contribution in [0.2, 0.25) is 10.0 Å². The van der Waals surface area contributed by atoms with Crippen LogP contribution in [0.25, 0.3) is 0 Å². The van der Waals surface area contributed by atoms with Crippen LogP contribution in [-0.4, -0.2) is 35.8 Å². The summed E-state index contributed by atoms with van der Waals surface area (Å²) in [4.78, 5) is 27.2. The lowest BCUT2D eigenvalue weighted by atomic mass is 10.0. The summed E-state index contributed by atoms with van der Waals surface area (Å²) in [6, 6.07) is 13.4. The van der Waals surface area contributed by atoms with Gasteiger partial charge in [-0.3, -0.25) is 14.5 Å². The fraction of sp³-hybridized carbons (Fsp3) is 0.286. The predicted octanol–water partition coefficient (Wildman–Crippen LogP) is 4.30. The lowest BCUT2D eigenvalue weighted by Crippen LogP contribution is -2.49. The number of carbonyl (C=O) groups is 2. The molecule has 29 heavy (non-hydrogen) atoms. The number of benzene rings is 2. The first-order valence-corrected chi connectivity index (χ1v) is 10.0. The molecule has 1 fully saturated rings. The Morgan fingerprint density at radius 3 is 2.66 bits per heavy atom. The van der Waals surface area contributed by atoms with Crippen molar-refractivity contribution in [3.63, 3.8) is 0 Å². The highest BCUT2D eigenvalue weighted by atomic mass is 35.5. The maximum Gasteiger partial charge on any atom is 0.241 e. The zero-order valence-electron chi connectivity index (χ0n) is 15.6. The Bertz CT molecular complexity index is 958. The average molecular weight is 431 g/mol. The number of carbonyl (C=O) groups excluding carboxylic acids is 2. The van der Waals surface area contributed by atoms with E-state index in [9.17, 15) is 9.59 Å². The summed E-state index contributed by atoms with van der Waals surface area (Å²) < 4.78 is 0. The van der Waals surface area contributed by atoms with Crippen LogP contribution in [0.1, 0.15) is 24.8 Å². The monoisotopic (exact) mass is 430 g/mol. The highest BCUT2D eigenvalue weighted by Gasteiger charge is 2.30. The minimum atomic E-state index is -0.421. The van der Waals surface area contributed by atoms with Gasteiger partial charge in [-0.25, -0.2) is 0 Å². The number of piperidine rings is 1. The molecule has 2 aromatic carbocycles. The number of amides is 2. The molecule has 0 aromatic heterocycles. The molecular weight excluding hydrogens is 411 g/mol. The number of nitrogens with zero attached hydrogens (tertiary/aromatic N) is 2. The van der Waals surface area contributed by atoms with Gasteiger partial charge in [0.1, 0.15) is 6.07 Å². The largest absolute Gasteiger partial charge is 0.325 e. The second-order valence-corrected chi connectivity index (χ2v) is 7.62. The quantitative estimate of drug-likeness (QED) is 0.740. The van der Waals surface area contributed by atoms with Crippen molar-refractivity contribution in [2.45, 2.75) is 25.3 Å². The highest BCUT2D eigenvalue weighted by molar-refractivity contribution is 6.42. The first-order chi connectivity index (χ1) is 14.0. The van der Waals surface area contributed by atoms with Crippen LogP contribution in [0, 0.1) is 11.3 Å². The number of hydrogen-bond donors (Lipinski definition) is 2. The van der Waals surface area contributed by atoms with Crippen LogP contribution in [0.3, 0.4) is 0 Å². The van der Waals surface area contributed by atoms with Gasteiger partial charge in [-0.1, -0.05) is 41.8 Å². The van der Waals surface area contributed by atoms with Crippen molar-refractivity contribution in [1.82, 2.24) is 4.90 Å². The van der Waals surface area contributed by atoms with Gasteiger partial charge in [0.25, 0.3) is 0 Å². The zero-order valence-corrected chi connectivity index (χ0v) is 17.1. The summed E-state index contributed by atoms with van der Waals surface area (Å²) in [6.45, 7) is 0.714. The van der Waals surface area contributed by atoms with Crippen molar-refractivity contribution in [3.05, 3.63) is 58.1 Å². The van der Waals surface area contributed by atoms with Gasteiger partial charge >= 0.3 is 0 Å². The number of hydrogen-bond acceptors (Lipinski definition) is 4. The molecule has 1 aliphatic heterocycles. The van der Waals surface area contributed by atoms with E-state index in [4.69, 9.17) is 28.5 Å². The van der Waals surface area contributed by atoms with Crippen molar-refractivity contribution >= 4 is 46.4 Å². The van der Waals surface area contributed by atoms with E-state index in [0.29, 0.717) is 39.9 Å². The molecule has 6 nitrogen and oxygen atoms in total. The number of halogens is 2. The zero-order chi connectivity index (χ0) is 20.8. The van der Waals surface area contributed by atoms with E-state index in [1.165, 1.54) is 0 Å². The lowest BCUT2D eigenvalue weighted by molar-refractivity contribution is -0.124. The summed E-state index contributed by atoms with van der Waals surface area (Å²) in [6.07, 6.45) is 2.49. The molecule has 0 saturated carbocycles. The van der Waals surface area contributed by atoms with E-state index in [0.717, 1.165) is 12.8 Å². The van der Waals surface area contributed by atoms with Crippen LogP contribution in [0.4, 0.5) is 11.4 Å². The Morgan fingerprint density at radius 2 is 1.90 bits per heavy atom. The van der Waals surface area contributed by atoms with Crippen molar-refractivity contribution in [3.8, 4) is 6.07 Å². The molecule has 0 aliphatic carbocycles. The van der Waals surface area contributed by atoms with Gasteiger partial charge in [-0.15, -0.1) is 0 Å². The number of anilines is 2. The van der Waals surface area contributed by atoms with Crippen molar-refractivity contribution < 1.29 is 9.59 Å². The van der Waals surface area contributed by atoms with Gasteiger partial charge < -0.3 is 10.6 Å². The molecule has 8 heteroatoms. The van der Waals surface area contributed by atoms with Crippen molar-refractivity contribution in [1.29, 1.82) is 5.26 Å². The lowest BCUT2D eigenvalue weighted by Gasteiger charge is -2.34. The summed E-state index contributed by atoms with van der Waals surface area (Å²) in [5, 5.41) is 15.6. The molecule has 150 valence electrons. The predicted molar refractivity (Wildman–Crippen MR) is 114 cm³/mol. The number of nitrogens with one attached hydrogen (secondary N) is 2. The average Bonchev–Trinajstić information content (AvgIpc) is 2.71. The fourth-order valence-corrected chi connectivity index (χ4v) is 3.64. The molecular formula is C21H20Cl2N4O2. The Hall–Kier alpha value is -2.59. The van der Waals surface area contributed by atoms with Crippen LogP contribution in [0.15, 0.2) is 42.5 Å². The fourth-order valence-electron chi connectivity index (χ4n) is 3.34. The normalized spacial score (nSPS) is 16.7. The number of rotatable bonds is 5. The molecule has 1 aliphatic rings. The smallest absolute Gasteiger partial charge is 0.241 e. The summed E-state index contributed by atoms with van der Waals surface area (Å²) in [5.74, 6) is -0.449. The first kappa shape index (κ1) is 21.1. The SMILES string of the molecule is N#Cc1ccccc1NC(=O)CN1CCCCC1C(=O)Nc1ccc(Cl)c(Cl)c1. The summed E-state index contributed by atoms with van der Waals surface area (Å²) in [5.41, 5.74) is 1.42. The topological polar surface area (TPSA) is 85.2 Å². The van der Waals surface area contributed by atoms with E-state index in [1.807, 2.05) is 4.90 Å². The minimum absolute atomic E-state index is 0.0687. The maximum absolute atomic E-state index is 12.8. The molecule has 2 N–H and O–H groups in total. The third kappa shape index (κ3) is 5.48. The van der Waals surface area contributed by atoms with E-state index < -0.39 is 6.04 Å². The van der Waals surface area contributed by atoms with Crippen LogP contribution < -0.4 is 10.6 Å². The Morgan fingerprint density at radius 1 is 1.10 bits per heavy atom. The van der Waals surface area contributed by atoms with E-state index >= 15 is 0 Å². The molecule has 1 atom stereocenters. The third-order valence-corrected chi connectivity index (χ3v) is 5.51. The van der Waals surface area contributed by atoms with Gasteiger partial charge in [0.05, 0.1) is 33.9 Å². The first-order valence-electron chi connectivity index (χ1n) is 9.27. The molecule has 2 amide bonds. The molecule has 0 spiro atoms. The molecule has 1 heterocycles. The van der Waals surface area contributed by atoms with Crippen molar-refractivity contribution in [2.24, 2.45) is 0 Å². The second kappa shape index (κ2) is 9.75. The number of likely N-dealkylation sites (tertiary alicyclic amines) is 1. The Labute approximate surface area is 179 Å². The van der Waals surface area contributed by atoms with Crippen LogP contribution in [-0.2, 0) is 9.59 Å². The van der Waals surface area contributed by atoms with Gasteiger partial charge in [0, 0.05) is 5.69 Å². The molecule has 0 radical (unpaired) electrons. The van der Waals surface area contributed by atoms with E-state index in [-0.39, 0.29) is 18.4 Å². The third-order valence-electron chi connectivity index (χ3n) is 4.77. The van der Waals surface area contributed by atoms with Gasteiger partial charge in [0.15, 0.2) is 0 Å². The second-order valence-electron chi connectivity index (χ2n) is 6.81. The van der Waals surface area contributed by atoms with Gasteiger partial charge in [-0.2, -0.15) is 5.26 Å². The number of para-hydroxylation sites is 1. The minimum Gasteiger partial charge on any atom is -0.325 e. The highest BCUT2D eigenvalue weighted by Crippen LogP contribution is 2.26. The van der Waals surface area contributed by atoms with Crippen molar-refractivity contribution in [2.75, 3.05) is 23.7 Å². The molecule has 2 aromatic rings. The van der Waals surface area contributed by atoms with E-state index in [2.05, 4.69) is 16.7 Å². The maximum atomic E-state index is 12.8. The summed E-state index contributed by atoms with van der Waals surface area (Å²) in [7, 11) is 0. The number of nitriles is 1. The molecule has 0 bridgehead atoms. The Kier molecular flexibility index (Phi) is 7.10. The molecule has 1 saturated heterocycles. The standard InChI is InChI=1S/C21H20Cl2N4O2/c22-16-9-8-15(11-17(16)23)25-21(29)19-7-3-4-10-27(19)13-20(28)26-18-6-2-1-5-14(18)12-24/h1-2,5-6,8-9,11,19H,3-4,7,10,13H2,(H,25,29)(H,26,28). The summed E-state index contributed by atoms with van der Waals surface area (Å²) >= 11 is 11.9. The Balaban J connectivity index is 1.65. The van der Waals surface area contributed by atoms with Gasteiger partial charge in [0.2, 0.25) is 11.8 Å². The van der Waals surface area contributed by atoms with Crippen LogP contribution >= 0.6 is 23.2 Å². The van der Waals surface area contributed by atoms with Gasteiger partial charge in [-0.05, 0) is 49.7 Å². The molecule has 1 unspecified atom stereocenters. The molecule has 3 rings (SSSR count). The van der Waals surface area contributed by atoms with E-state index in [1.54, 1.807) is 42.5 Å².